The van der Waals surface area contributed by atoms with Gasteiger partial charge in [0.15, 0.2) is 0 Å². The molecule has 0 saturated carbocycles. The van der Waals surface area contributed by atoms with Crippen molar-refractivity contribution >= 4 is 11.3 Å². The van der Waals surface area contributed by atoms with E-state index in [4.69, 9.17) is 0 Å². The summed E-state index contributed by atoms with van der Waals surface area (Å²) in [5.41, 5.74) is 1.05. The molecule has 1 N–H and O–H groups in total. The van der Waals surface area contributed by atoms with Crippen molar-refractivity contribution < 1.29 is 5.11 Å². The Morgan fingerprint density at radius 2 is 1.83 bits per heavy atom. The highest BCUT2D eigenvalue weighted by Crippen LogP contribution is 2.14. The molecule has 1 unspecified atom stereocenters. The first-order valence-electron chi connectivity index (χ1n) is 7.31. The Bertz CT molecular complexity index is 311. The van der Waals surface area contributed by atoms with Gasteiger partial charge in [-0.15, -0.1) is 11.3 Å². The van der Waals surface area contributed by atoms with Gasteiger partial charge in [-0.2, -0.15) is 0 Å². The lowest BCUT2D eigenvalue weighted by Crippen LogP contribution is -2.10. The lowest BCUT2D eigenvalue weighted by Gasteiger charge is -2.08. The van der Waals surface area contributed by atoms with Gasteiger partial charge in [-0.05, 0) is 13.3 Å². The van der Waals surface area contributed by atoms with E-state index in [9.17, 15) is 5.11 Å². The Hall–Kier alpha value is -0.410. The summed E-state index contributed by atoms with van der Waals surface area (Å²) in [6.07, 6.45) is 10.6. The number of rotatable bonds is 10. The summed E-state index contributed by atoms with van der Waals surface area (Å²) in [4.78, 5) is 4.39. The molecule has 0 fully saturated rings. The SMILES string of the molecule is CCCCCCCCCC(O)Cc1csc(C)n1. The van der Waals surface area contributed by atoms with E-state index < -0.39 is 0 Å². The molecular weight excluding hydrogens is 242 g/mol. The zero-order valence-electron chi connectivity index (χ0n) is 11.8. The van der Waals surface area contributed by atoms with Crippen molar-refractivity contribution in [2.45, 2.75) is 77.7 Å². The summed E-state index contributed by atoms with van der Waals surface area (Å²) in [5, 5.41) is 13.1. The minimum Gasteiger partial charge on any atom is -0.393 e. The molecule has 18 heavy (non-hydrogen) atoms. The Kier molecular flexibility index (Phi) is 8.27. The summed E-state index contributed by atoms with van der Waals surface area (Å²) in [6.45, 7) is 4.26. The van der Waals surface area contributed by atoms with Gasteiger partial charge in [0.25, 0.3) is 0 Å². The number of aryl methyl sites for hydroxylation is 1. The zero-order valence-corrected chi connectivity index (χ0v) is 12.6. The van der Waals surface area contributed by atoms with E-state index in [0.717, 1.165) is 30.0 Å². The summed E-state index contributed by atoms with van der Waals surface area (Å²) in [6, 6.07) is 0. The normalized spacial score (nSPS) is 12.8. The highest BCUT2D eigenvalue weighted by atomic mass is 32.1. The van der Waals surface area contributed by atoms with Crippen LogP contribution in [0.3, 0.4) is 0 Å². The highest BCUT2D eigenvalue weighted by molar-refractivity contribution is 7.09. The van der Waals surface area contributed by atoms with Gasteiger partial charge in [-0.3, -0.25) is 0 Å². The van der Waals surface area contributed by atoms with Crippen molar-refractivity contribution in [3.05, 3.63) is 16.1 Å². The van der Waals surface area contributed by atoms with Crippen LogP contribution in [0.5, 0.6) is 0 Å². The first-order chi connectivity index (χ1) is 8.72. The van der Waals surface area contributed by atoms with E-state index in [-0.39, 0.29) is 6.10 Å². The number of hydrogen-bond acceptors (Lipinski definition) is 3. The minimum atomic E-state index is -0.206. The maximum Gasteiger partial charge on any atom is 0.0897 e. The predicted octanol–water partition coefficient (Wildman–Crippen LogP) is 4.50. The van der Waals surface area contributed by atoms with E-state index in [0.29, 0.717) is 0 Å². The second-order valence-electron chi connectivity index (χ2n) is 5.13. The van der Waals surface area contributed by atoms with Crippen LogP contribution in [0.2, 0.25) is 0 Å². The topological polar surface area (TPSA) is 33.1 Å². The molecule has 0 aromatic carbocycles. The fraction of sp³-hybridized carbons (Fsp3) is 0.800. The molecule has 0 bridgehead atoms. The number of aromatic nitrogens is 1. The van der Waals surface area contributed by atoms with Gasteiger partial charge < -0.3 is 5.11 Å². The number of aliphatic hydroxyl groups excluding tert-OH is 1. The predicted molar refractivity (Wildman–Crippen MR) is 79.2 cm³/mol. The Labute approximate surface area is 115 Å². The molecule has 1 rings (SSSR count). The molecule has 3 heteroatoms. The van der Waals surface area contributed by atoms with Crippen molar-refractivity contribution in [3.8, 4) is 0 Å². The average Bonchev–Trinajstić information content (AvgIpc) is 2.73. The number of thiazole rings is 1. The quantitative estimate of drug-likeness (QED) is 0.635. The number of hydrogen-bond donors (Lipinski definition) is 1. The largest absolute Gasteiger partial charge is 0.393 e. The third kappa shape index (κ3) is 7.12. The first kappa shape index (κ1) is 15.6. The fourth-order valence-corrected chi connectivity index (χ4v) is 2.81. The summed E-state index contributed by atoms with van der Waals surface area (Å²) in [7, 11) is 0. The molecule has 0 aliphatic rings. The Balaban J connectivity index is 1.98. The molecule has 0 saturated heterocycles. The van der Waals surface area contributed by atoms with Gasteiger partial charge in [0.2, 0.25) is 0 Å². The van der Waals surface area contributed by atoms with Crippen LogP contribution in [0.4, 0.5) is 0 Å². The first-order valence-corrected chi connectivity index (χ1v) is 8.19. The molecule has 0 amide bonds. The molecule has 1 aromatic rings. The van der Waals surface area contributed by atoms with Gasteiger partial charge >= 0.3 is 0 Å². The number of nitrogens with zero attached hydrogens (tertiary/aromatic N) is 1. The third-order valence-corrected chi connectivity index (χ3v) is 4.07. The second kappa shape index (κ2) is 9.51. The van der Waals surface area contributed by atoms with Crippen LogP contribution < -0.4 is 0 Å². The van der Waals surface area contributed by atoms with Crippen LogP contribution in [0.1, 0.15) is 69.0 Å². The van der Waals surface area contributed by atoms with Crippen LogP contribution in [-0.4, -0.2) is 16.2 Å². The van der Waals surface area contributed by atoms with Gasteiger partial charge in [0.1, 0.15) is 0 Å². The molecule has 104 valence electrons. The second-order valence-corrected chi connectivity index (χ2v) is 6.19. The molecule has 1 heterocycles. The third-order valence-electron chi connectivity index (χ3n) is 3.25. The number of aliphatic hydroxyl groups is 1. The summed E-state index contributed by atoms with van der Waals surface area (Å²) in [5.74, 6) is 0. The van der Waals surface area contributed by atoms with E-state index in [1.807, 2.05) is 6.92 Å². The Morgan fingerprint density at radius 3 is 2.44 bits per heavy atom. The van der Waals surface area contributed by atoms with E-state index in [1.54, 1.807) is 11.3 Å². The van der Waals surface area contributed by atoms with Gasteiger partial charge in [0, 0.05) is 11.8 Å². The van der Waals surface area contributed by atoms with Crippen LogP contribution in [0.25, 0.3) is 0 Å². The smallest absolute Gasteiger partial charge is 0.0897 e. The molecule has 1 atom stereocenters. The summed E-state index contributed by atoms with van der Waals surface area (Å²) < 4.78 is 0. The lowest BCUT2D eigenvalue weighted by atomic mass is 10.0. The van der Waals surface area contributed by atoms with E-state index in [2.05, 4.69) is 17.3 Å². The van der Waals surface area contributed by atoms with Crippen molar-refractivity contribution in [1.82, 2.24) is 4.98 Å². The standard InChI is InChI=1S/C15H27NOS/c1-3-4-5-6-7-8-9-10-15(17)11-14-12-18-13(2)16-14/h12,15,17H,3-11H2,1-2H3. The molecule has 0 aliphatic carbocycles. The van der Waals surface area contributed by atoms with Crippen molar-refractivity contribution in [3.63, 3.8) is 0 Å². The molecule has 1 aromatic heterocycles. The molecule has 2 nitrogen and oxygen atoms in total. The van der Waals surface area contributed by atoms with E-state index in [1.165, 1.54) is 38.5 Å². The van der Waals surface area contributed by atoms with Crippen molar-refractivity contribution in [1.29, 1.82) is 0 Å². The average molecular weight is 269 g/mol. The van der Waals surface area contributed by atoms with Crippen LogP contribution in [-0.2, 0) is 6.42 Å². The van der Waals surface area contributed by atoms with Crippen molar-refractivity contribution in [2.75, 3.05) is 0 Å². The fourth-order valence-electron chi connectivity index (χ4n) is 2.18. The lowest BCUT2D eigenvalue weighted by molar-refractivity contribution is 0.160. The van der Waals surface area contributed by atoms with Gasteiger partial charge in [-0.25, -0.2) is 4.98 Å². The van der Waals surface area contributed by atoms with Gasteiger partial charge in [-0.1, -0.05) is 51.9 Å². The molecule has 0 spiro atoms. The molecular formula is C15H27NOS. The monoisotopic (exact) mass is 269 g/mol. The number of unbranched alkanes of at least 4 members (excludes halogenated alkanes) is 6. The highest BCUT2D eigenvalue weighted by Gasteiger charge is 2.07. The maximum absolute atomic E-state index is 9.92. The molecule has 0 radical (unpaired) electrons. The van der Waals surface area contributed by atoms with Crippen LogP contribution >= 0.6 is 11.3 Å². The van der Waals surface area contributed by atoms with Gasteiger partial charge in [0.05, 0.1) is 16.8 Å². The van der Waals surface area contributed by atoms with E-state index >= 15 is 0 Å². The van der Waals surface area contributed by atoms with Crippen LogP contribution in [0.15, 0.2) is 5.38 Å². The minimum absolute atomic E-state index is 0.206. The zero-order chi connectivity index (χ0) is 13.2. The summed E-state index contributed by atoms with van der Waals surface area (Å²) >= 11 is 1.66. The van der Waals surface area contributed by atoms with Crippen LogP contribution in [0, 0.1) is 6.92 Å². The molecule has 0 aliphatic heterocycles. The maximum atomic E-state index is 9.92. The van der Waals surface area contributed by atoms with Crippen molar-refractivity contribution in [2.24, 2.45) is 0 Å². The Morgan fingerprint density at radius 1 is 1.17 bits per heavy atom.